The summed E-state index contributed by atoms with van der Waals surface area (Å²) in [4.78, 5) is 23.0. The molecule has 1 aromatic heterocycles. The molecule has 2 N–H and O–H groups in total. The van der Waals surface area contributed by atoms with Crippen molar-refractivity contribution < 1.29 is 19.1 Å². The Morgan fingerprint density at radius 2 is 1.90 bits per heavy atom. The molecule has 1 aromatic carbocycles. The second-order valence-electron chi connectivity index (χ2n) is 4.44. The molecular formula is C15H15NO4. The van der Waals surface area contributed by atoms with Crippen molar-refractivity contribution >= 4 is 11.9 Å². The van der Waals surface area contributed by atoms with Gasteiger partial charge in [0.1, 0.15) is 5.76 Å². The van der Waals surface area contributed by atoms with Crippen LogP contribution in [0.1, 0.15) is 34.3 Å². The summed E-state index contributed by atoms with van der Waals surface area (Å²) in [5.41, 5.74) is 0.742. The number of furan rings is 1. The lowest BCUT2D eigenvalue weighted by molar-refractivity contribution is -0.137. The summed E-state index contributed by atoms with van der Waals surface area (Å²) >= 11 is 0. The first-order valence-electron chi connectivity index (χ1n) is 6.20. The first-order chi connectivity index (χ1) is 9.56. The Morgan fingerprint density at radius 3 is 2.45 bits per heavy atom. The van der Waals surface area contributed by atoms with E-state index in [1.54, 1.807) is 43.3 Å². The highest BCUT2D eigenvalue weighted by Crippen LogP contribution is 2.18. The van der Waals surface area contributed by atoms with Crippen molar-refractivity contribution in [2.24, 2.45) is 0 Å². The zero-order chi connectivity index (χ0) is 14.5. The predicted octanol–water partition coefficient (Wildman–Crippen LogP) is 2.53. The summed E-state index contributed by atoms with van der Waals surface area (Å²) in [6.45, 7) is 1.74. The lowest BCUT2D eigenvalue weighted by Crippen LogP contribution is -2.29. The maximum atomic E-state index is 12.0. The van der Waals surface area contributed by atoms with Crippen molar-refractivity contribution in [1.29, 1.82) is 0 Å². The summed E-state index contributed by atoms with van der Waals surface area (Å²) in [6, 6.07) is 11.6. The number of carbonyl (C=O) groups excluding carboxylic acids is 1. The van der Waals surface area contributed by atoms with Gasteiger partial charge in [-0.25, -0.2) is 0 Å². The summed E-state index contributed by atoms with van der Waals surface area (Å²) in [6.07, 6.45) is -0.185. The van der Waals surface area contributed by atoms with Crippen LogP contribution in [0.15, 0.2) is 46.9 Å². The fourth-order valence-corrected chi connectivity index (χ4v) is 1.90. The minimum atomic E-state index is -0.977. The number of carboxylic acid groups (broad SMARTS) is 1. The van der Waals surface area contributed by atoms with Crippen molar-refractivity contribution in [3.8, 4) is 0 Å². The summed E-state index contributed by atoms with van der Waals surface area (Å²) in [7, 11) is 0. The molecule has 0 saturated carbocycles. The van der Waals surface area contributed by atoms with E-state index in [4.69, 9.17) is 9.52 Å². The van der Waals surface area contributed by atoms with Crippen LogP contribution in [0.3, 0.4) is 0 Å². The zero-order valence-electron chi connectivity index (χ0n) is 11.0. The molecule has 0 saturated heterocycles. The third-order valence-corrected chi connectivity index (χ3v) is 2.85. The number of rotatable bonds is 5. The average Bonchev–Trinajstić information content (AvgIpc) is 2.85. The van der Waals surface area contributed by atoms with Gasteiger partial charge in [-0.15, -0.1) is 0 Å². The fraction of sp³-hybridized carbons (Fsp3) is 0.200. The maximum absolute atomic E-state index is 12.0. The molecule has 104 valence electrons. The monoisotopic (exact) mass is 273 g/mol. The van der Waals surface area contributed by atoms with Gasteiger partial charge in [0.05, 0.1) is 12.5 Å². The van der Waals surface area contributed by atoms with Crippen LogP contribution >= 0.6 is 0 Å². The molecule has 0 spiro atoms. The number of hydrogen-bond donors (Lipinski definition) is 2. The number of carboxylic acids is 1. The van der Waals surface area contributed by atoms with Crippen LogP contribution < -0.4 is 5.32 Å². The number of aryl methyl sites for hydroxylation is 1. The summed E-state index contributed by atoms with van der Waals surface area (Å²) in [5, 5.41) is 11.6. The van der Waals surface area contributed by atoms with E-state index in [2.05, 4.69) is 5.32 Å². The molecule has 0 aliphatic carbocycles. The molecule has 2 aromatic rings. The number of carbonyl (C=O) groups is 2. The molecule has 20 heavy (non-hydrogen) atoms. The lowest BCUT2D eigenvalue weighted by Gasteiger charge is -2.16. The number of nitrogens with one attached hydrogen (secondary N) is 1. The van der Waals surface area contributed by atoms with Crippen LogP contribution in [0.2, 0.25) is 0 Å². The maximum Gasteiger partial charge on any atom is 0.305 e. The number of benzene rings is 1. The topological polar surface area (TPSA) is 79.5 Å². The largest absolute Gasteiger partial charge is 0.481 e. The van der Waals surface area contributed by atoms with Crippen LogP contribution in [-0.2, 0) is 4.79 Å². The minimum Gasteiger partial charge on any atom is -0.481 e. The third-order valence-electron chi connectivity index (χ3n) is 2.85. The first kappa shape index (κ1) is 13.9. The van der Waals surface area contributed by atoms with Crippen molar-refractivity contribution in [3.63, 3.8) is 0 Å². The van der Waals surface area contributed by atoms with Gasteiger partial charge in [-0.3, -0.25) is 9.59 Å². The Kier molecular flexibility index (Phi) is 4.20. The minimum absolute atomic E-state index is 0.175. The molecule has 5 nitrogen and oxygen atoms in total. The Morgan fingerprint density at radius 1 is 1.20 bits per heavy atom. The SMILES string of the molecule is Cc1ccc(C(=O)NC(CC(=O)O)c2ccccc2)o1. The second-order valence-corrected chi connectivity index (χ2v) is 4.44. The third kappa shape index (κ3) is 3.47. The van der Waals surface area contributed by atoms with Gasteiger partial charge in [0.25, 0.3) is 5.91 Å². The molecule has 2 rings (SSSR count). The molecule has 1 heterocycles. The average molecular weight is 273 g/mol. The van der Waals surface area contributed by atoms with Crippen LogP contribution in [0.25, 0.3) is 0 Å². The molecule has 1 atom stereocenters. The predicted molar refractivity (Wildman–Crippen MR) is 72.3 cm³/mol. The first-order valence-corrected chi connectivity index (χ1v) is 6.20. The van der Waals surface area contributed by atoms with E-state index < -0.39 is 17.9 Å². The molecule has 0 radical (unpaired) electrons. The normalized spacial score (nSPS) is 11.8. The van der Waals surface area contributed by atoms with Crippen LogP contribution in [0, 0.1) is 6.92 Å². The number of hydrogen-bond acceptors (Lipinski definition) is 3. The fourth-order valence-electron chi connectivity index (χ4n) is 1.90. The lowest BCUT2D eigenvalue weighted by atomic mass is 10.0. The molecule has 0 aliphatic heterocycles. The van der Waals surface area contributed by atoms with Crippen LogP contribution in [-0.4, -0.2) is 17.0 Å². The van der Waals surface area contributed by atoms with Crippen molar-refractivity contribution in [3.05, 3.63) is 59.5 Å². The van der Waals surface area contributed by atoms with E-state index >= 15 is 0 Å². The molecule has 5 heteroatoms. The number of aliphatic carboxylic acids is 1. The molecule has 0 aliphatic rings. The Labute approximate surface area is 116 Å². The van der Waals surface area contributed by atoms with E-state index in [-0.39, 0.29) is 12.2 Å². The standard InChI is InChI=1S/C15H15NO4/c1-10-7-8-13(20-10)15(19)16-12(9-14(17)18)11-5-3-2-4-6-11/h2-8,12H,9H2,1H3,(H,16,19)(H,17,18). The molecule has 1 unspecified atom stereocenters. The van der Waals surface area contributed by atoms with Crippen LogP contribution in [0.4, 0.5) is 0 Å². The van der Waals surface area contributed by atoms with E-state index in [0.717, 1.165) is 5.56 Å². The highest BCUT2D eigenvalue weighted by atomic mass is 16.4. The second kappa shape index (κ2) is 6.06. The Bertz CT molecular complexity index is 603. The van der Waals surface area contributed by atoms with Crippen molar-refractivity contribution in [1.82, 2.24) is 5.32 Å². The number of amides is 1. The van der Waals surface area contributed by atoms with E-state index in [1.165, 1.54) is 0 Å². The van der Waals surface area contributed by atoms with Gasteiger partial charge in [-0.1, -0.05) is 30.3 Å². The summed E-state index contributed by atoms with van der Waals surface area (Å²) in [5.74, 6) is -0.596. The molecule has 0 fully saturated rings. The van der Waals surface area contributed by atoms with Crippen LogP contribution in [0.5, 0.6) is 0 Å². The Balaban J connectivity index is 2.16. The van der Waals surface area contributed by atoms with Gasteiger partial charge in [-0.05, 0) is 24.6 Å². The van der Waals surface area contributed by atoms with Gasteiger partial charge in [0, 0.05) is 0 Å². The van der Waals surface area contributed by atoms with E-state index in [9.17, 15) is 9.59 Å². The van der Waals surface area contributed by atoms with Crippen molar-refractivity contribution in [2.75, 3.05) is 0 Å². The zero-order valence-corrected chi connectivity index (χ0v) is 11.0. The van der Waals surface area contributed by atoms with E-state index in [1.807, 2.05) is 6.07 Å². The van der Waals surface area contributed by atoms with Gasteiger partial charge in [0.15, 0.2) is 5.76 Å². The molecule has 1 amide bonds. The Hall–Kier alpha value is -2.56. The van der Waals surface area contributed by atoms with Gasteiger partial charge >= 0.3 is 5.97 Å². The van der Waals surface area contributed by atoms with Crippen molar-refractivity contribution in [2.45, 2.75) is 19.4 Å². The van der Waals surface area contributed by atoms with Gasteiger partial charge in [0.2, 0.25) is 0 Å². The molecular weight excluding hydrogens is 258 g/mol. The highest BCUT2D eigenvalue weighted by Gasteiger charge is 2.20. The van der Waals surface area contributed by atoms with Gasteiger partial charge in [-0.2, -0.15) is 0 Å². The smallest absolute Gasteiger partial charge is 0.305 e. The summed E-state index contributed by atoms with van der Waals surface area (Å²) < 4.78 is 5.23. The quantitative estimate of drug-likeness (QED) is 0.877. The van der Waals surface area contributed by atoms with Gasteiger partial charge < -0.3 is 14.8 Å². The molecule has 0 bridgehead atoms. The van der Waals surface area contributed by atoms with E-state index in [0.29, 0.717) is 5.76 Å². The highest BCUT2D eigenvalue weighted by molar-refractivity contribution is 5.92.